The summed E-state index contributed by atoms with van der Waals surface area (Å²) in [6.07, 6.45) is -4.87. The van der Waals surface area contributed by atoms with Crippen LogP contribution in [0.25, 0.3) is 0 Å². The molecular weight excluding hydrogens is 532 g/mol. The third-order valence-electron chi connectivity index (χ3n) is 7.54. The number of carbonyl (C=O) groups excluding carboxylic acids is 1. The van der Waals surface area contributed by atoms with E-state index < -0.39 is 35.3 Å². The Morgan fingerprint density at radius 2 is 1.87 bits per heavy atom. The van der Waals surface area contributed by atoms with Crippen molar-refractivity contribution in [2.75, 3.05) is 5.32 Å². The zero-order valence-corrected chi connectivity index (χ0v) is 21.1. The Balaban J connectivity index is 1.33. The van der Waals surface area contributed by atoms with E-state index in [0.29, 0.717) is 29.9 Å². The standard InChI is InChI=1S/C24H25ClF4N6O3/c1-34-10-30-17(19(34)22(37)31-14-3-4-16(26)15(25)7-14)11-5-12-8-23(38,9-13(12)6-11)20-18(32-35(2)33-20)21(36)24(27,28)29/h3-4,7,10-13,21,36,38H,5-6,8-9H2,1-2H3,(H,31,37). The first-order chi connectivity index (χ1) is 17.8. The Labute approximate surface area is 219 Å². The van der Waals surface area contributed by atoms with Gasteiger partial charge in [0.25, 0.3) is 5.91 Å². The molecule has 14 heteroatoms. The summed E-state index contributed by atoms with van der Waals surface area (Å²) < 4.78 is 54.7. The molecule has 0 saturated heterocycles. The van der Waals surface area contributed by atoms with Crippen molar-refractivity contribution in [2.45, 2.75) is 49.5 Å². The van der Waals surface area contributed by atoms with Gasteiger partial charge in [-0.05, 0) is 55.7 Å². The number of nitrogens with one attached hydrogen (secondary N) is 1. The van der Waals surface area contributed by atoms with Crippen molar-refractivity contribution < 1.29 is 32.6 Å². The van der Waals surface area contributed by atoms with E-state index in [1.54, 1.807) is 11.6 Å². The summed E-state index contributed by atoms with van der Waals surface area (Å²) in [4.78, 5) is 18.5. The van der Waals surface area contributed by atoms with Gasteiger partial charge in [0.15, 0.2) is 6.10 Å². The Bertz CT molecular complexity index is 1380. The van der Waals surface area contributed by atoms with Gasteiger partial charge in [0, 0.05) is 25.7 Å². The summed E-state index contributed by atoms with van der Waals surface area (Å²) in [5.41, 5.74) is -1.39. The van der Waals surface area contributed by atoms with Crippen LogP contribution in [0.1, 0.15) is 65.3 Å². The summed E-state index contributed by atoms with van der Waals surface area (Å²) in [5, 5.41) is 31.4. The molecule has 1 aromatic carbocycles. The molecule has 2 aliphatic rings. The maximum absolute atomic E-state index is 13.5. The number of imidazole rings is 1. The first kappa shape index (κ1) is 26.6. The lowest BCUT2D eigenvalue weighted by Gasteiger charge is -2.25. The van der Waals surface area contributed by atoms with Crippen molar-refractivity contribution in [1.29, 1.82) is 0 Å². The number of carbonyl (C=O) groups is 1. The van der Waals surface area contributed by atoms with Crippen LogP contribution in [0.5, 0.6) is 0 Å². The molecular formula is C24H25ClF4N6O3. The van der Waals surface area contributed by atoms with Crippen molar-refractivity contribution in [3.05, 3.63) is 58.1 Å². The number of anilines is 1. The normalized spacial score (nSPS) is 26.0. The summed E-state index contributed by atoms with van der Waals surface area (Å²) in [7, 11) is 3.01. The predicted molar refractivity (Wildman–Crippen MR) is 127 cm³/mol. The topological polar surface area (TPSA) is 118 Å². The number of fused-ring (bicyclic) bond motifs is 1. The quantitative estimate of drug-likeness (QED) is 0.409. The van der Waals surface area contributed by atoms with Crippen LogP contribution in [-0.2, 0) is 19.7 Å². The number of rotatable bonds is 5. The third kappa shape index (κ3) is 4.67. The van der Waals surface area contributed by atoms with Gasteiger partial charge in [-0.3, -0.25) is 4.79 Å². The van der Waals surface area contributed by atoms with Crippen LogP contribution in [0, 0.1) is 17.7 Å². The SMILES string of the molecule is Cn1nc(C(O)C(F)(F)F)c(C2(O)CC3CC(c4ncn(C)c4C(=O)Nc4ccc(F)c(Cl)c4)CC3C2)n1. The van der Waals surface area contributed by atoms with Gasteiger partial charge >= 0.3 is 6.18 Å². The first-order valence-electron chi connectivity index (χ1n) is 11.9. The number of benzene rings is 1. The molecule has 3 atom stereocenters. The Kier molecular flexibility index (Phi) is 6.51. The first-order valence-corrected chi connectivity index (χ1v) is 12.3. The lowest BCUT2D eigenvalue weighted by Crippen LogP contribution is -2.29. The smallest absolute Gasteiger partial charge is 0.383 e. The van der Waals surface area contributed by atoms with Crippen molar-refractivity contribution in [1.82, 2.24) is 24.5 Å². The van der Waals surface area contributed by atoms with Crippen LogP contribution < -0.4 is 5.32 Å². The van der Waals surface area contributed by atoms with Gasteiger partial charge in [0.2, 0.25) is 0 Å². The van der Waals surface area contributed by atoms with E-state index in [1.807, 2.05) is 0 Å². The number of nitrogens with zero attached hydrogens (tertiary/aromatic N) is 5. The average Bonchev–Trinajstić information content (AvgIpc) is 3.56. The largest absolute Gasteiger partial charge is 0.420 e. The van der Waals surface area contributed by atoms with Crippen LogP contribution in [0.3, 0.4) is 0 Å². The zero-order valence-electron chi connectivity index (χ0n) is 20.4. The van der Waals surface area contributed by atoms with Gasteiger partial charge < -0.3 is 20.1 Å². The Morgan fingerprint density at radius 3 is 2.47 bits per heavy atom. The van der Waals surface area contributed by atoms with Crippen LogP contribution in [0.2, 0.25) is 5.02 Å². The molecule has 3 unspecified atom stereocenters. The molecule has 1 amide bonds. The number of aliphatic hydroxyl groups excluding tert-OH is 1. The molecule has 0 bridgehead atoms. The van der Waals surface area contributed by atoms with Gasteiger partial charge in [0.05, 0.1) is 17.0 Å². The van der Waals surface area contributed by atoms with E-state index in [-0.39, 0.29) is 41.3 Å². The maximum atomic E-state index is 13.5. The van der Waals surface area contributed by atoms with Crippen LogP contribution in [0.4, 0.5) is 23.2 Å². The number of amides is 1. The molecule has 3 aromatic rings. The molecule has 38 heavy (non-hydrogen) atoms. The van der Waals surface area contributed by atoms with E-state index >= 15 is 0 Å². The van der Waals surface area contributed by atoms with E-state index in [9.17, 15) is 32.6 Å². The molecule has 0 aliphatic heterocycles. The molecule has 0 spiro atoms. The molecule has 9 nitrogen and oxygen atoms in total. The molecule has 3 N–H and O–H groups in total. The lowest BCUT2D eigenvalue weighted by molar-refractivity contribution is -0.208. The molecule has 2 aromatic heterocycles. The molecule has 2 saturated carbocycles. The predicted octanol–water partition coefficient (Wildman–Crippen LogP) is 3.98. The maximum Gasteiger partial charge on any atom is 0.420 e. The minimum atomic E-state index is -4.95. The van der Waals surface area contributed by atoms with Gasteiger partial charge in [-0.1, -0.05) is 11.6 Å². The number of halogens is 5. The second kappa shape index (κ2) is 9.31. The number of aliphatic hydroxyl groups is 2. The van der Waals surface area contributed by atoms with E-state index in [0.717, 1.165) is 10.9 Å². The molecule has 0 radical (unpaired) electrons. The fourth-order valence-corrected chi connectivity index (χ4v) is 6.14. The monoisotopic (exact) mass is 556 g/mol. The summed E-state index contributed by atoms with van der Waals surface area (Å²) in [6, 6.07) is 3.85. The highest BCUT2D eigenvalue weighted by molar-refractivity contribution is 6.31. The second-order valence-electron chi connectivity index (χ2n) is 10.2. The zero-order chi connectivity index (χ0) is 27.6. The number of aromatic nitrogens is 5. The van der Waals surface area contributed by atoms with Crippen molar-refractivity contribution in [2.24, 2.45) is 25.9 Å². The lowest BCUT2D eigenvalue weighted by atomic mass is 9.88. The van der Waals surface area contributed by atoms with E-state index in [1.165, 1.54) is 25.5 Å². The fourth-order valence-electron chi connectivity index (χ4n) is 5.96. The van der Waals surface area contributed by atoms with Gasteiger partial charge in [0.1, 0.15) is 28.5 Å². The van der Waals surface area contributed by atoms with Crippen molar-refractivity contribution in [3.63, 3.8) is 0 Å². The minimum absolute atomic E-state index is 0.0586. The highest BCUT2D eigenvalue weighted by Gasteiger charge is 2.54. The average molecular weight is 557 g/mol. The van der Waals surface area contributed by atoms with Crippen LogP contribution >= 0.6 is 11.6 Å². The highest BCUT2D eigenvalue weighted by Crippen LogP contribution is 2.57. The van der Waals surface area contributed by atoms with Crippen LogP contribution in [-0.4, -0.2) is 46.8 Å². The molecule has 5 rings (SSSR count). The third-order valence-corrected chi connectivity index (χ3v) is 7.82. The Morgan fingerprint density at radius 1 is 1.21 bits per heavy atom. The summed E-state index contributed by atoms with van der Waals surface area (Å²) in [6.45, 7) is 0. The van der Waals surface area contributed by atoms with Crippen molar-refractivity contribution >= 4 is 23.2 Å². The molecule has 204 valence electrons. The van der Waals surface area contributed by atoms with Crippen molar-refractivity contribution in [3.8, 4) is 0 Å². The summed E-state index contributed by atoms with van der Waals surface area (Å²) in [5.74, 6) is -1.28. The molecule has 2 aliphatic carbocycles. The van der Waals surface area contributed by atoms with Gasteiger partial charge in [-0.2, -0.15) is 28.2 Å². The number of hydrogen-bond acceptors (Lipinski definition) is 6. The molecule has 2 fully saturated rings. The summed E-state index contributed by atoms with van der Waals surface area (Å²) >= 11 is 5.82. The second-order valence-corrected chi connectivity index (χ2v) is 10.6. The number of alkyl halides is 3. The van der Waals surface area contributed by atoms with Gasteiger partial charge in [-0.15, -0.1) is 0 Å². The van der Waals surface area contributed by atoms with E-state index in [4.69, 9.17) is 11.6 Å². The highest BCUT2D eigenvalue weighted by atomic mass is 35.5. The minimum Gasteiger partial charge on any atom is -0.383 e. The van der Waals surface area contributed by atoms with E-state index in [2.05, 4.69) is 20.5 Å². The number of aryl methyl sites for hydroxylation is 2. The van der Waals surface area contributed by atoms with Crippen LogP contribution in [0.15, 0.2) is 24.5 Å². The Hall–Kier alpha value is -3.03. The number of hydrogen-bond donors (Lipinski definition) is 3. The molecule has 2 heterocycles. The van der Waals surface area contributed by atoms with Gasteiger partial charge in [-0.25, -0.2) is 9.37 Å². The fraction of sp³-hybridized carbons (Fsp3) is 0.500.